The molecule has 0 radical (unpaired) electrons. The fourth-order valence-corrected chi connectivity index (χ4v) is 15.3. The van der Waals surface area contributed by atoms with Crippen LogP contribution in [0.2, 0.25) is 0 Å². The summed E-state index contributed by atoms with van der Waals surface area (Å²) in [6.45, 7) is 10.2. The van der Waals surface area contributed by atoms with Crippen molar-refractivity contribution in [2.45, 2.75) is 121 Å². The number of carbonyl (C=O) groups is 6. The zero-order valence-electron chi connectivity index (χ0n) is 75.0. The second kappa shape index (κ2) is 49.7. The molecule has 14 rings (SSSR count). The summed E-state index contributed by atoms with van der Waals surface area (Å²) in [6.07, 6.45) is 0. The predicted molar refractivity (Wildman–Crippen MR) is 495 cm³/mol. The standard InChI is InChI=1S/2C54H54O12/c2*1-4-61-49(55)34-64-52-43-22-40(37-16-10-7-11-17-37)23-44(52)29-59-31-46-25-42(39-20-14-9-15-21-39)27-48(54(46)66-36-51(57)63-6-3)33-60-32-47-26-41(38-18-12-8-13-19-38)24-45(30-58-28-43)53(47)65-35-50(56)62-5-2/h2*7-27H,4-6,28-36H2,1-3H3. The van der Waals surface area contributed by atoms with Crippen molar-refractivity contribution in [3.63, 3.8) is 0 Å². The topological polar surface area (TPSA) is 269 Å². The van der Waals surface area contributed by atoms with Gasteiger partial charge < -0.3 is 85.3 Å². The average Bonchev–Trinajstić information content (AvgIpc) is 0.808. The first-order chi connectivity index (χ1) is 64.7. The molecule has 12 aromatic carbocycles. The molecule has 12 aromatic rings. The Kier molecular flexibility index (Phi) is 36.0. The fraction of sp³-hybridized carbons (Fsp3) is 0.278. The number of fused-ring (bicyclic) bond motifs is 12. The van der Waals surface area contributed by atoms with Gasteiger partial charge in [-0.3, -0.25) is 0 Å². The molecular weight excluding hydrogens is 1680 g/mol. The lowest BCUT2D eigenvalue weighted by atomic mass is 9.98. The van der Waals surface area contributed by atoms with Gasteiger partial charge in [-0.05, 0) is 181 Å². The number of hydrogen-bond acceptors (Lipinski definition) is 24. The molecule has 0 saturated carbocycles. The predicted octanol–water partition coefficient (Wildman–Crippen LogP) is 20.0. The van der Waals surface area contributed by atoms with E-state index in [1.165, 1.54) is 0 Å². The Balaban J connectivity index is 0.000000224. The normalized spacial score (nSPS) is 12.8. The highest BCUT2D eigenvalue weighted by Gasteiger charge is 2.27. The Morgan fingerprint density at radius 2 is 0.295 bits per heavy atom. The molecule has 0 saturated heterocycles. The van der Waals surface area contributed by atoms with Crippen LogP contribution in [0.3, 0.4) is 0 Å². The van der Waals surface area contributed by atoms with Gasteiger partial charge in [0.1, 0.15) is 34.5 Å². The van der Waals surface area contributed by atoms with E-state index in [-0.39, 0.29) is 159 Å². The number of rotatable bonds is 30. The number of benzene rings is 12. The van der Waals surface area contributed by atoms with Gasteiger partial charge in [0.2, 0.25) is 0 Å². The maximum Gasteiger partial charge on any atom is 0.344 e. The lowest BCUT2D eigenvalue weighted by Gasteiger charge is -2.22. The molecular formula is C108H108O24. The third kappa shape index (κ3) is 27.1. The van der Waals surface area contributed by atoms with Gasteiger partial charge >= 0.3 is 35.8 Å². The van der Waals surface area contributed by atoms with Gasteiger partial charge in [0.15, 0.2) is 39.6 Å². The molecule has 132 heavy (non-hydrogen) atoms. The first kappa shape index (κ1) is 95.6. The van der Waals surface area contributed by atoms with E-state index in [1.807, 2.05) is 255 Å². The van der Waals surface area contributed by atoms with Crippen molar-refractivity contribution in [2.75, 3.05) is 79.3 Å². The minimum absolute atomic E-state index is 0.0544. The smallest absolute Gasteiger partial charge is 0.344 e. The van der Waals surface area contributed by atoms with E-state index in [0.29, 0.717) is 101 Å². The molecule has 24 nitrogen and oxygen atoms in total. The monoisotopic (exact) mass is 1790 g/mol. The van der Waals surface area contributed by atoms with E-state index < -0.39 is 35.8 Å². The van der Waals surface area contributed by atoms with Crippen LogP contribution in [0.1, 0.15) is 108 Å². The van der Waals surface area contributed by atoms with E-state index in [2.05, 4.69) is 0 Å². The molecule has 0 amide bonds. The highest BCUT2D eigenvalue weighted by atomic mass is 16.6. The lowest BCUT2D eigenvalue weighted by Crippen LogP contribution is -2.17. The van der Waals surface area contributed by atoms with E-state index in [1.54, 1.807) is 41.5 Å². The molecule has 0 atom stereocenters. The minimum atomic E-state index is -0.526. The van der Waals surface area contributed by atoms with Gasteiger partial charge in [0.05, 0.1) is 119 Å². The second-order valence-electron chi connectivity index (χ2n) is 30.5. The summed E-state index contributed by atoms with van der Waals surface area (Å²) >= 11 is 0. The molecule has 0 aliphatic carbocycles. The Bertz CT molecular complexity index is 4760. The molecule has 684 valence electrons. The Labute approximate surface area is 768 Å². The van der Waals surface area contributed by atoms with Crippen molar-refractivity contribution >= 4 is 35.8 Å². The summed E-state index contributed by atoms with van der Waals surface area (Å²) in [5.74, 6) is -0.697. The third-order valence-electron chi connectivity index (χ3n) is 21.0. The van der Waals surface area contributed by atoms with E-state index in [4.69, 9.17) is 85.3 Å². The summed E-state index contributed by atoms with van der Waals surface area (Å²) in [5.41, 5.74) is 18.8. The molecule has 2 heterocycles. The van der Waals surface area contributed by atoms with Gasteiger partial charge in [-0.25, -0.2) is 28.8 Å². The van der Waals surface area contributed by atoms with E-state index in [0.717, 1.165) is 66.8 Å². The Morgan fingerprint density at radius 3 is 0.402 bits per heavy atom. The van der Waals surface area contributed by atoms with Crippen molar-refractivity contribution < 1.29 is 114 Å². The largest absolute Gasteiger partial charge is 0.481 e. The second-order valence-corrected chi connectivity index (χ2v) is 30.5. The van der Waals surface area contributed by atoms with Crippen molar-refractivity contribution in [3.8, 4) is 101 Å². The highest BCUT2D eigenvalue weighted by Crippen LogP contribution is 2.42. The molecule has 12 bridgehead atoms. The maximum atomic E-state index is 12.8. The number of carbonyl (C=O) groups excluding carboxylic acids is 6. The Hall–Kier alpha value is -14.0. The zero-order chi connectivity index (χ0) is 92.2. The van der Waals surface area contributed by atoms with Crippen LogP contribution in [-0.2, 0) is 165 Å². The van der Waals surface area contributed by atoms with Crippen LogP contribution in [0.25, 0.3) is 66.8 Å². The van der Waals surface area contributed by atoms with Gasteiger partial charge in [-0.1, -0.05) is 182 Å². The molecule has 0 N–H and O–H groups in total. The van der Waals surface area contributed by atoms with Crippen molar-refractivity contribution in [1.82, 2.24) is 0 Å². The fourth-order valence-electron chi connectivity index (χ4n) is 15.3. The zero-order valence-corrected chi connectivity index (χ0v) is 75.0. The van der Waals surface area contributed by atoms with Crippen LogP contribution in [0, 0.1) is 0 Å². The summed E-state index contributed by atoms with van der Waals surface area (Å²) in [7, 11) is 0. The van der Waals surface area contributed by atoms with Crippen LogP contribution in [0.4, 0.5) is 0 Å². The van der Waals surface area contributed by atoms with Crippen molar-refractivity contribution in [3.05, 3.63) is 322 Å². The Morgan fingerprint density at radius 1 is 0.182 bits per heavy atom. The van der Waals surface area contributed by atoms with Gasteiger partial charge in [0.25, 0.3) is 0 Å². The van der Waals surface area contributed by atoms with Crippen LogP contribution >= 0.6 is 0 Å². The SMILES string of the molecule is CCOC(=O)COc1c2cc(-c3ccccc3)cc1COCc1cc(-c3ccccc3)cc(c1OCC(=O)OCC)COCc1cc(-c3ccccc3)cc(c1OCC(=O)OCC)COC2.CCOC(=O)COc1c2cc(-c3ccccc3)cc1COCc1cc(-c3ccccc3)cc(c1OCC(=O)OCC)COCc1cc(-c3ccccc3)cc(c1OCC(=O)OCC)COC2. The average molecular weight is 1790 g/mol. The highest BCUT2D eigenvalue weighted by molar-refractivity contribution is 5.78. The van der Waals surface area contributed by atoms with Gasteiger partial charge in [0, 0.05) is 66.8 Å². The molecule has 0 spiro atoms. The number of ether oxygens (including phenoxy) is 18. The molecule has 2 aliphatic rings. The number of esters is 6. The number of hydrogen-bond donors (Lipinski definition) is 0. The molecule has 0 fully saturated rings. The summed E-state index contributed by atoms with van der Waals surface area (Å²) < 4.78 is 109. The minimum Gasteiger partial charge on any atom is -0.481 e. The first-order valence-corrected chi connectivity index (χ1v) is 44.1. The van der Waals surface area contributed by atoms with E-state index >= 15 is 0 Å². The molecule has 2 aliphatic heterocycles. The van der Waals surface area contributed by atoms with Gasteiger partial charge in [-0.15, -0.1) is 0 Å². The quantitative estimate of drug-likeness (QED) is 0.0299. The van der Waals surface area contributed by atoms with Crippen LogP contribution in [0.15, 0.2) is 255 Å². The van der Waals surface area contributed by atoms with E-state index in [9.17, 15) is 28.8 Å². The lowest BCUT2D eigenvalue weighted by molar-refractivity contribution is -0.146. The summed E-state index contributed by atoms with van der Waals surface area (Å²) in [4.78, 5) is 76.7. The first-order valence-electron chi connectivity index (χ1n) is 44.1. The maximum absolute atomic E-state index is 12.8. The molecule has 0 aromatic heterocycles. The van der Waals surface area contributed by atoms with Crippen LogP contribution in [-0.4, -0.2) is 115 Å². The van der Waals surface area contributed by atoms with Crippen LogP contribution in [0.5, 0.6) is 34.5 Å². The van der Waals surface area contributed by atoms with Gasteiger partial charge in [-0.2, -0.15) is 0 Å². The van der Waals surface area contributed by atoms with Crippen LogP contribution < -0.4 is 28.4 Å². The third-order valence-corrected chi connectivity index (χ3v) is 21.0. The van der Waals surface area contributed by atoms with Crippen molar-refractivity contribution in [1.29, 1.82) is 0 Å². The van der Waals surface area contributed by atoms with Crippen molar-refractivity contribution in [2.24, 2.45) is 0 Å². The molecule has 24 heteroatoms. The summed E-state index contributed by atoms with van der Waals surface area (Å²) in [6, 6.07) is 83.2. The molecule has 0 unspecified atom stereocenters. The summed E-state index contributed by atoms with van der Waals surface area (Å²) in [5, 5.41) is 0.